The van der Waals surface area contributed by atoms with Gasteiger partial charge in [-0.15, -0.1) is 22.7 Å². The molecule has 0 saturated carbocycles. The SMILES string of the molecule is c1ccc(C2(c3ccccc3)c3ccccc3-c3ccc(N(c4ccc(-c5ccc6sc7ccccc7c6c5)cc4)c4ccc(-c5ccc6sc7ccccc7c6c5)cc4)cc32)cc1. The Hall–Kier alpha value is -7.56. The van der Waals surface area contributed by atoms with Crippen LogP contribution < -0.4 is 4.90 Å². The Morgan fingerprint density at radius 3 is 1.25 bits per heavy atom. The van der Waals surface area contributed by atoms with Crippen molar-refractivity contribution in [1.82, 2.24) is 0 Å². The van der Waals surface area contributed by atoms with Gasteiger partial charge >= 0.3 is 0 Å². The molecule has 10 aromatic carbocycles. The minimum absolute atomic E-state index is 0.501. The van der Waals surface area contributed by atoms with Crippen molar-refractivity contribution in [3.05, 3.63) is 259 Å². The average molecular weight is 850 g/mol. The molecule has 1 nitrogen and oxygen atoms in total. The third-order valence-corrected chi connectivity index (χ3v) is 15.7. The zero-order valence-electron chi connectivity index (χ0n) is 34.8. The molecule has 2 aromatic heterocycles. The number of rotatable bonds is 7. The van der Waals surface area contributed by atoms with Crippen LogP contribution in [0.15, 0.2) is 237 Å². The van der Waals surface area contributed by atoms with Crippen LogP contribution in [-0.4, -0.2) is 0 Å². The van der Waals surface area contributed by atoms with E-state index in [1.807, 2.05) is 22.7 Å². The van der Waals surface area contributed by atoms with Crippen LogP contribution in [0.5, 0.6) is 0 Å². The van der Waals surface area contributed by atoms with E-state index in [1.165, 1.54) is 96.0 Å². The standard InChI is InChI=1S/C61H39NS2/c1-3-13-44(14-4-1)61(45-15-5-2-6-16-45)55-20-10-7-17-49(55)50-34-33-48(39-56(50)61)62(46-29-23-40(24-30-46)42-27-35-59-53(37-42)51-18-8-11-21-57(51)63-59)47-31-25-41(26-32-47)43-28-36-60-54(38-43)52-19-9-12-22-58(52)64-60/h1-39H. The predicted octanol–water partition coefficient (Wildman–Crippen LogP) is 17.6. The maximum atomic E-state index is 2.46. The summed E-state index contributed by atoms with van der Waals surface area (Å²) in [6, 6.07) is 87.9. The Balaban J connectivity index is 0.972. The average Bonchev–Trinajstić information content (AvgIpc) is 4.03. The van der Waals surface area contributed by atoms with Gasteiger partial charge in [-0.25, -0.2) is 0 Å². The topological polar surface area (TPSA) is 3.24 Å². The summed E-state index contributed by atoms with van der Waals surface area (Å²) in [5, 5.41) is 5.27. The van der Waals surface area contributed by atoms with E-state index < -0.39 is 5.41 Å². The number of nitrogens with zero attached hydrogens (tertiary/aromatic N) is 1. The van der Waals surface area contributed by atoms with Crippen LogP contribution in [0.1, 0.15) is 22.3 Å². The zero-order valence-corrected chi connectivity index (χ0v) is 36.4. The van der Waals surface area contributed by atoms with Crippen molar-refractivity contribution in [3.8, 4) is 33.4 Å². The molecule has 300 valence electrons. The Morgan fingerprint density at radius 1 is 0.281 bits per heavy atom. The van der Waals surface area contributed by atoms with E-state index in [0.717, 1.165) is 17.1 Å². The molecular formula is C61H39NS2. The molecule has 0 amide bonds. The van der Waals surface area contributed by atoms with Crippen molar-refractivity contribution in [3.63, 3.8) is 0 Å². The van der Waals surface area contributed by atoms with Crippen molar-refractivity contribution < 1.29 is 0 Å². The number of hydrogen-bond acceptors (Lipinski definition) is 3. The summed E-state index contributed by atoms with van der Waals surface area (Å²) in [7, 11) is 0. The molecule has 0 fully saturated rings. The first kappa shape index (κ1) is 37.0. The number of benzene rings is 10. The van der Waals surface area contributed by atoms with E-state index in [9.17, 15) is 0 Å². The van der Waals surface area contributed by atoms with Gasteiger partial charge in [-0.05, 0) is 128 Å². The maximum Gasteiger partial charge on any atom is 0.0714 e. The minimum Gasteiger partial charge on any atom is -0.310 e. The summed E-state index contributed by atoms with van der Waals surface area (Å²) in [5.41, 5.74) is 15.3. The van der Waals surface area contributed by atoms with Gasteiger partial charge < -0.3 is 4.90 Å². The molecule has 0 bridgehead atoms. The molecule has 0 atom stereocenters. The van der Waals surface area contributed by atoms with Crippen molar-refractivity contribution in [2.24, 2.45) is 0 Å². The van der Waals surface area contributed by atoms with E-state index in [0.29, 0.717) is 0 Å². The quantitative estimate of drug-likeness (QED) is 0.154. The molecule has 0 radical (unpaired) electrons. The van der Waals surface area contributed by atoms with Crippen LogP contribution >= 0.6 is 22.7 Å². The summed E-state index contributed by atoms with van der Waals surface area (Å²) >= 11 is 3.73. The van der Waals surface area contributed by atoms with Gasteiger partial charge in [-0.3, -0.25) is 0 Å². The van der Waals surface area contributed by atoms with Crippen LogP contribution in [0.3, 0.4) is 0 Å². The van der Waals surface area contributed by atoms with E-state index in [4.69, 9.17) is 0 Å². The molecular weight excluding hydrogens is 811 g/mol. The summed E-state index contributed by atoms with van der Waals surface area (Å²) in [5.74, 6) is 0. The van der Waals surface area contributed by atoms with Gasteiger partial charge in [0, 0.05) is 57.4 Å². The molecule has 2 heterocycles. The summed E-state index contributed by atoms with van der Waals surface area (Å²) in [4.78, 5) is 2.43. The minimum atomic E-state index is -0.501. The van der Waals surface area contributed by atoms with E-state index in [2.05, 4.69) is 241 Å². The number of anilines is 3. The summed E-state index contributed by atoms with van der Waals surface area (Å²) in [6.45, 7) is 0. The highest BCUT2D eigenvalue weighted by molar-refractivity contribution is 7.26. The summed E-state index contributed by atoms with van der Waals surface area (Å²) < 4.78 is 5.29. The first-order valence-electron chi connectivity index (χ1n) is 21.9. The van der Waals surface area contributed by atoms with Gasteiger partial charge in [0.15, 0.2) is 0 Å². The van der Waals surface area contributed by atoms with Crippen LogP contribution in [0, 0.1) is 0 Å². The molecule has 0 spiro atoms. The second kappa shape index (κ2) is 14.8. The van der Waals surface area contributed by atoms with Crippen molar-refractivity contribution in [1.29, 1.82) is 0 Å². The molecule has 0 saturated heterocycles. The van der Waals surface area contributed by atoms with Crippen molar-refractivity contribution >= 4 is 80.1 Å². The van der Waals surface area contributed by atoms with Crippen LogP contribution in [-0.2, 0) is 5.41 Å². The second-order valence-electron chi connectivity index (χ2n) is 16.8. The molecule has 13 rings (SSSR count). The van der Waals surface area contributed by atoms with Gasteiger partial charge in [0.1, 0.15) is 0 Å². The first-order chi connectivity index (χ1) is 31.7. The van der Waals surface area contributed by atoms with Gasteiger partial charge in [-0.1, -0.05) is 164 Å². The predicted molar refractivity (Wildman–Crippen MR) is 275 cm³/mol. The fourth-order valence-corrected chi connectivity index (χ4v) is 12.6. The fraction of sp³-hybridized carbons (Fsp3) is 0.0164. The highest BCUT2D eigenvalue weighted by Gasteiger charge is 2.46. The van der Waals surface area contributed by atoms with E-state index in [-0.39, 0.29) is 0 Å². The van der Waals surface area contributed by atoms with Crippen molar-refractivity contribution in [2.75, 3.05) is 4.90 Å². The Morgan fingerprint density at radius 2 is 0.703 bits per heavy atom. The monoisotopic (exact) mass is 849 g/mol. The van der Waals surface area contributed by atoms with Crippen LogP contribution in [0.4, 0.5) is 17.1 Å². The normalized spacial score (nSPS) is 12.8. The lowest BCUT2D eigenvalue weighted by atomic mass is 9.67. The van der Waals surface area contributed by atoms with E-state index in [1.54, 1.807) is 0 Å². The lowest BCUT2D eigenvalue weighted by Gasteiger charge is -2.35. The van der Waals surface area contributed by atoms with Crippen molar-refractivity contribution in [2.45, 2.75) is 5.41 Å². The number of hydrogen-bond donors (Lipinski definition) is 0. The molecule has 64 heavy (non-hydrogen) atoms. The zero-order chi connectivity index (χ0) is 42.2. The van der Waals surface area contributed by atoms with E-state index >= 15 is 0 Å². The number of fused-ring (bicyclic) bond motifs is 9. The molecule has 1 aliphatic carbocycles. The number of thiophene rings is 2. The summed E-state index contributed by atoms with van der Waals surface area (Å²) in [6.07, 6.45) is 0. The molecule has 3 heteroatoms. The Bertz CT molecular complexity index is 3520. The first-order valence-corrected chi connectivity index (χ1v) is 23.5. The molecule has 0 N–H and O–H groups in total. The van der Waals surface area contributed by atoms with Gasteiger partial charge in [-0.2, -0.15) is 0 Å². The smallest absolute Gasteiger partial charge is 0.0714 e. The van der Waals surface area contributed by atoms with Crippen LogP contribution in [0.2, 0.25) is 0 Å². The maximum absolute atomic E-state index is 2.46. The van der Waals surface area contributed by atoms with Crippen LogP contribution in [0.25, 0.3) is 73.7 Å². The molecule has 12 aromatic rings. The highest BCUT2D eigenvalue weighted by atomic mass is 32.1. The molecule has 1 aliphatic rings. The second-order valence-corrected chi connectivity index (χ2v) is 19.0. The Kier molecular flexibility index (Phi) is 8.55. The molecule has 0 aliphatic heterocycles. The highest BCUT2D eigenvalue weighted by Crippen LogP contribution is 2.57. The lowest BCUT2D eigenvalue weighted by molar-refractivity contribution is 0.768. The van der Waals surface area contributed by atoms with Gasteiger partial charge in [0.05, 0.1) is 5.41 Å². The van der Waals surface area contributed by atoms with Gasteiger partial charge in [0.25, 0.3) is 0 Å². The third-order valence-electron chi connectivity index (χ3n) is 13.4. The fourth-order valence-electron chi connectivity index (χ4n) is 10.4. The lowest BCUT2D eigenvalue weighted by Crippen LogP contribution is -2.28. The largest absolute Gasteiger partial charge is 0.310 e. The molecule has 0 unspecified atom stereocenters. The Labute approximate surface area is 380 Å². The third kappa shape index (κ3) is 5.75. The van der Waals surface area contributed by atoms with Gasteiger partial charge in [0.2, 0.25) is 0 Å².